The first-order chi connectivity index (χ1) is 14.7. The number of carboxylic acid groups (broad SMARTS) is 1. The van der Waals surface area contributed by atoms with Gasteiger partial charge in [-0.2, -0.15) is 0 Å². The molecule has 3 rings (SSSR count). The molecule has 2 fully saturated rings. The van der Waals surface area contributed by atoms with Crippen molar-refractivity contribution >= 4 is 12.1 Å². The molecule has 7 heteroatoms. The largest absolute Gasteiger partial charge is 0.480 e. The van der Waals surface area contributed by atoms with Crippen LogP contribution in [0.2, 0.25) is 0 Å². The number of aliphatic carboxylic acids is 1. The fraction of sp³-hybridized carbons (Fsp3) is 0.667. The fourth-order valence-electron chi connectivity index (χ4n) is 4.66. The van der Waals surface area contributed by atoms with Gasteiger partial charge >= 0.3 is 12.1 Å². The number of rotatable bonds is 6. The van der Waals surface area contributed by atoms with E-state index in [9.17, 15) is 14.7 Å². The molecule has 2 heterocycles. The number of amides is 1. The average molecular weight is 432 g/mol. The lowest BCUT2D eigenvalue weighted by molar-refractivity contribution is -0.139. The summed E-state index contributed by atoms with van der Waals surface area (Å²) in [7, 11) is 0. The monoisotopic (exact) mass is 431 g/mol. The van der Waals surface area contributed by atoms with Crippen molar-refractivity contribution in [1.29, 1.82) is 0 Å². The number of carbonyl (C=O) groups is 2. The molecule has 0 atom stereocenters. The van der Waals surface area contributed by atoms with Crippen LogP contribution >= 0.6 is 0 Å². The Morgan fingerprint density at radius 3 is 2.19 bits per heavy atom. The summed E-state index contributed by atoms with van der Waals surface area (Å²) in [4.78, 5) is 30.4. The van der Waals surface area contributed by atoms with Crippen LogP contribution in [-0.2, 0) is 16.1 Å². The fourth-order valence-corrected chi connectivity index (χ4v) is 4.66. The van der Waals surface area contributed by atoms with Crippen LogP contribution in [0.25, 0.3) is 0 Å². The van der Waals surface area contributed by atoms with Gasteiger partial charge in [-0.05, 0) is 65.1 Å². The summed E-state index contributed by atoms with van der Waals surface area (Å²) < 4.78 is 5.46. The van der Waals surface area contributed by atoms with E-state index in [2.05, 4.69) is 40.1 Å². The second kappa shape index (κ2) is 10.5. The second-order valence-electron chi connectivity index (χ2n) is 9.76. The Labute approximate surface area is 185 Å². The number of carbonyl (C=O) groups excluding carboxylic acids is 1. The Kier molecular flexibility index (Phi) is 7.94. The van der Waals surface area contributed by atoms with Gasteiger partial charge in [0.25, 0.3) is 0 Å². The highest BCUT2D eigenvalue weighted by molar-refractivity contribution is 5.77. The first kappa shape index (κ1) is 23.5. The third-order valence-electron chi connectivity index (χ3n) is 6.20. The molecule has 0 radical (unpaired) electrons. The zero-order valence-corrected chi connectivity index (χ0v) is 19.1. The summed E-state index contributed by atoms with van der Waals surface area (Å²) in [5, 5.41) is 9.28. The Balaban J connectivity index is 1.48. The van der Waals surface area contributed by atoms with Crippen molar-refractivity contribution in [2.45, 2.75) is 70.7 Å². The van der Waals surface area contributed by atoms with Crippen LogP contribution in [0.3, 0.4) is 0 Å². The summed E-state index contributed by atoms with van der Waals surface area (Å²) in [6.45, 7) is 10.1. The molecule has 1 aromatic rings. The lowest BCUT2D eigenvalue weighted by Crippen LogP contribution is -2.53. The molecule has 0 bridgehead atoms. The van der Waals surface area contributed by atoms with Crippen LogP contribution in [0.5, 0.6) is 0 Å². The van der Waals surface area contributed by atoms with Gasteiger partial charge in [-0.1, -0.05) is 30.3 Å². The lowest BCUT2D eigenvalue weighted by Gasteiger charge is -2.43. The van der Waals surface area contributed by atoms with E-state index in [4.69, 9.17) is 4.74 Å². The number of likely N-dealkylation sites (tertiary alicyclic amines) is 2. The van der Waals surface area contributed by atoms with Gasteiger partial charge in [-0.25, -0.2) is 4.79 Å². The first-order valence-corrected chi connectivity index (χ1v) is 11.4. The van der Waals surface area contributed by atoms with Gasteiger partial charge in [0.2, 0.25) is 0 Å². The van der Waals surface area contributed by atoms with E-state index in [1.54, 1.807) is 20.8 Å². The molecule has 2 saturated heterocycles. The van der Waals surface area contributed by atoms with E-state index in [1.807, 2.05) is 0 Å². The van der Waals surface area contributed by atoms with Gasteiger partial charge in [0.05, 0.1) is 0 Å². The van der Waals surface area contributed by atoms with Crippen molar-refractivity contribution in [3.05, 3.63) is 35.9 Å². The summed E-state index contributed by atoms with van der Waals surface area (Å²) in [5.74, 6) is -1.00. The molecule has 0 unspecified atom stereocenters. The van der Waals surface area contributed by atoms with Crippen LogP contribution in [-0.4, -0.2) is 82.3 Å². The van der Waals surface area contributed by atoms with Crippen LogP contribution in [0, 0.1) is 0 Å². The number of hydrogen-bond donors (Lipinski definition) is 1. The number of nitrogens with zero attached hydrogens (tertiary/aromatic N) is 3. The highest BCUT2D eigenvalue weighted by Crippen LogP contribution is 2.25. The molecule has 0 spiro atoms. The van der Waals surface area contributed by atoms with E-state index < -0.39 is 17.7 Å². The highest BCUT2D eigenvalue weighted by atomic mass is 16.6. The quantitative estimate of drug-likeness (QED) is 0.744. The molecule has 1 aromatic carbocycles. The molecule has 2 aliphatic heterocycles. The molecular formula is C24H37N3O4. The van der Waals surface area contributed by atoms with Gasteiger partial charge in [0.1, 0.15) is 12.1 Å². The standard InChI is InChI=1S/C24H37N3O4/c1-24(2,3)31-23(30)27(18-22(28)29)21-11-15-26(16-12-21)20-9-13-25(14-10-20)17-19-7-5-4-6-8-19/h4-8,20-21H,9-18H2,1-3H3,(H,28,29). The van der Waals surface area contributed by atoms with E-state index in [0.29, 0.717) is 6.04 Å². The maximum absolute atomic E-state index is 12.6. The molecule has 172 valence electrons. The molecule has 2 aliphatic rings. The topological polar surface area (TPSA) is 73.3 Å². The van der Waals surface area contributed by atoms with Crippen molar-refractivity contribution < 1.29 is 19.4 Å². The number of benzene rings is 1. The molecule has 1 N–H and O–H groups in total. The molecule has 1 amide bonds. The minimum absolute atomic E-state index is 0.0830. The summed E-state index contributed by atoms with van der Waals surface area (Å²) in [6.07, 6.45) is 3.36. The van der Waals surface area contributed by atoms with Crippen molar-refractivity contribution in [1.82, 2.24) is 14.7 Å². The molecule has 0 aromatic heterocycles. The van der Waals surface area contributed by atoms with E-state index in [1.165, 1.54) is 10.5 Å². The maximum Gasteiger partial charge on any atom is 0.411 e. The Hall–Kier alpha value is -2.12. The third kappa shape index (κ3) is 7.21. The zero-order valence-electron chi connectivity index (χ0n) is 19.1. The smallest absolute Gasteiger partial charge is 0.411 e. The minimum atomic E-state index is -1.00. The van der Waals surface area contributed by atoms with Crippen molar-refractivity contribution in [2.75, 3.05) is 32.7 Å². The number of carboxylic acids is 1. The van der Waals surface area contributed by atoms with E-state index in [0.717, 1.165) is 58.4 Å². The Bertz CT molecular complexity index is 718. The Morgan fingerprint density at radius 1 is 1.03 bits per heavy atom. The van der Waals surface area contributed by atoms with Gasteiger partial charge in [-0.15, -0.1) is 0 Å². The number of ether oxygens (including phenoxy) is 1. The van der Waals surface area contributed by atoms with Crippen LogP contribution in [0.15, 0.2) is 30.3 Å². The Morgan fingerprint density at radius 2 is 1.65 bits per heavy atom. The second-order valence-corrected chi connectivity index (χ2v) is 9.76. The van der Waals surface area contributed by atoms with Gasteiger partial charge in [0.15, 0.2) is 0 Å². The minimum Gasteiger partial charge on any atom is -0.480 e. The number of piperidine rings is 2. The summed E-state index contributed by atoms with van der Waals surface area (Å²) in [6, 6.07) is 11.1. The van der Waals surface area contributed by atoms with Gasteiger partial charge in [-0.3, -0.25) is 14.6 Å². The highest BCUT2D eigenvalue weighted by Gasteiger charge is 2.34. The van der Waals surface area contributed by atoms with E-state index in [-0.39, 0.29) is 12.6 Å². The van der Waals surface area contributed by atoms with Gasteiger partial charge < -0.3 is 14.7 Å². The summed E-state index contributed by atoms with van der Waals surface area (Å²) in [5.41, 5.74) is 0.727. The average Bonchev–Trinajstić information content (AvgIpc) is 2.72. The van der Waals surface area contributed by atoms with Crippen LogP contribution < -0.4 is 0 Å². The van der Waals surface area contributed by atoms with Crippen LogP contribution in [0.1, 0.15) is 52.0 Å². The zero-order chi connectivity index (χ0) is 22.4. The molecule has 31 heavy (non-hydrogen) atoms. The molecule has 0 saturated carbocycles. The normalized spacial score (nSPS) is 19.8. The third-order valence-corrected chi connectivity index (χ3v) is 6.20. The molecule has 0 aliphatic carbocycles. The van der Waals surface area contributed by atoms with Gasteiger partial charge in [0, 0.05) is 31.7 Å². The molecule has 7 nitrogen and oxygen atoms in total. The maximum atomic E-state index is 12.6. The van der Waals surface area contributed by atoms with Crippen molar-refractivity contribution in [3.63, 3.8) is 0 Å². The number of hydrogen-bond acceptors (Lipinski definition) is 5. The predicted molar refractivity (Wildman–Crippen MR) is 120 cm³/mol. The lowest BCUT2D eigenvalue weighted by atomic mass is 9.97. The van der Waals surface area contributed by atoms with Crippen molar-refractivity contribution in [3.8, 4) is 0 Å². The first-order valence-electron chi connectivity index (χ1n) is 11.4. The van der Waals surface area contributed by atoms with E-state index >= 15 is 0 Å². The SMILES string of the molecule is CC(C)(C)OC(=O)N(CC(=O)O)C1CCN(C2CCN(Cc3ccccc3)CC2)CC1. The van der Waals surface area contributed by atoms with Crippen LogP contribution in [0.4, 0.5) is 4.79 Å². The predicted octanol–water partition coefficient (Wildman–Crippen LogP) is 3.44. The molecular weight excluding hydrogens is 394 g/mol. The summed E-state index contributed by atoms with van der Waals surface area (Å²) >= 11 is 0. The van der Waals surface area contributed by atoms with Crippen molar-refractivity contribution in [2.24, 2.45) is 0 Å².